The number of phosphoric ester groups is 1. The summed E-state index contributed by atoms with van der Waals surface area (Å²) in [5, 5.41) is 0. The third kappa shape index (κ3) is 42.6. The molecule has 0 unspecified atom stereocenters. The molecule has 308 valence electrons. The number of rotatable bonds is 39. The van der Waals surface area contributed by atoms with Crippen molar-refractivity contribution in [3.8, 4) is 0 Å². The van der Waals surface area contributed by atoms with Crippen LogP contribution in [0, 0.1) is 0 Å². The van der Waals surface area contributed by atoms with Gasteiger partial charge in [-0.15, -0.1) is 0 Å². The first-order valence-corrected chi connectivity index (χ1v) is 23.0. The van der Waals surface area contributed by atoms with Crippen LogP contribution in [0.25, 0.3) is 0 Å². The molecule has 0 heterocycles. The lowest BCUT2D eigenvalue weighted by Gasteiger charge is -2.18. The van der Waals surface area contributed by atoms with Crippen molar-refractivity contribution in [2.24, 2.45) is 0 Å². The Labute approximate surface area is 324 Å². The van der Waals surface area contributed by atoms with Crippen molar-refractivity contribution in [1.82, 2.24) is 0 Å². The van der Waals surface area contributed by atoms with E-state index in [1.165, 1.54) is 109 Å². The van der Waals surface area contributed by atoms with Gasteiger partial charge in [0, 0.05) is 12.8 Å². The lowest BCUT2D eigenvalue weighted by atomic mass is 10.0. The molecule has 0 aromatic rings. The molecule has 0 bridgehead atoms. The SMILES string of the molecule is CCCCC/C=C/C/C=C/C/C=C/C/C=C/CCCCCC(=O)O[C@H](COC(=O)CCCCCCCCCCCCCCCCCC)COP(=O)(O)O. The zero-order valence-corrected chi connectivity index (χ0v) is 34.8. The topological polar surface area (TPSA) is 119 Å². The van der Waals surface area contributed by atoms with E-state index >= 15 is 0 Å². The minimum atomic E-state index is -4.76. The van der Waals surface area contributed by atoms with E-state index in [1.54, 1.807) is 0 Å². The van der Waals surface area contributed by atoms with Gasteiger partial charge < -0.3 is 19.3 Å². The molecule has 0 amide bonds. The third-order valence-electron chi connectivity index (χ3n) is 9.10. The van der Waals surface area contributed by atoms with Crippen LogP contribution >= 0.6 is 7.82 Å². The largest absolute Gasteiger partial charge is 0.469 e. The average molecular weight is 767 g/mol. The molecule has 9 heteroatoms. The Hall–Kier alpha value is -1.99. The molecule has 0 saturated carbocycles. The molecule has 53 heavy (non-hydrogen) atoms. The first-order valence-electron chi connectivity index (χ1n) is 21.4. The number of unbranched alkanes of at least 4 members (excludes halogenated alkanes) is 21. The van der Waals surface area contributed by atoms with Crippen molar-refractivity contribution in [3.63, 3.8) is 0 Å². The van der Waals surface area contributed by atoms with Gasteiger partial charge in [0.1, 0.15) is 6.61 Å². The Morgan fingerprint density at radius 2 is 0.849 bits per heavy atom. The van der Waals surface area contributed by atoms with E-state index in [0.717, 1.165) is 57.8 Å². The standard InChI is InChI=1S/C44H79O8P/c1-3-5-7-9-11-13-15-17-19-21-22-23-25-27-29-31-33-35-37-39-44(46)52-42(41-51-53(47,48)49)40-50-43(45)38-36-34-32-30-28-26-24-20-18-16-14-12-10-8-6-4-2/h11,13,17,19,22-23,27,29,42H,3-10,12,14-16,18,20-21,24-26,28,30-41H2,1-2H3,(H2,47,48,49)/b13-11+,19-17+,23-22+,29-27+/t42-/m1/s1. The molecule has 0 aliphatic heterocycles. The highest BCUT2D eigenvalue weighted by atomic mass is 31.2. The summed E-state index contributed by atoms with van der Waals surface area (Å²) in [5.41, 5.74) is 0. The number of carbonyl (C=O) groups is 2. The van der Waals surface area contributed by atoms with Crippen LogP contribution < -0.4 is 0 Å². The highest BCUT2D eigenvalue weighted by Crippen LogP contribution is 2.36. The first-order chi connectivity index (χ1) is 25.8. The molecule has 0 aliphatic rings. The van der Waals surface area contributed by atoms with Crippen molar-refractivity contribution in [2.45, 2.75) is 206 Å². The molecule has 0 spiro atoms. The number of ether oxygens (including phenoxy) is 2. The van der Waals surface area contributed by atoms with Crippen LogP contribution in [-0.4, -0.2) is 41.0 Å². The van der Waals surface area contributed by atoms with Crippen molar-refractivity contribution in [2.75, 3.05) is 13.2 Å². The van der Waals surface area contributed by atoms with Gasteiger partial charge in [0.25, 0.3) is 0 Å². The predicted molar refractivity (Wildman–Crippen MR) is 221 cm³/mol. The van der Waals surface area contributed by atoms with Gasteiger partial charge >= 0.3 is 19.8 Å². The van der Waals surface area contributed by atoms with Gasteiger partial charge in [-0.25, -0.2) is 4.57 Å². The molecule has 0 aliphatic carbocycles. The monoisotopic (exact) mass is 767 g/mol. The molecule has 0 aromatic heterocycles. The molecule has 0 radical (unpaired) electrons. The smallest absolute Gasteiger partial charge is 0.462 e. The van der Waals surface area contributed by atoms with Crippen LogP contribution in [0.2, 0.25) is 0 Å². The van der Waals surface area contributed by atoms with E-state index in [-0.39, 0.29) is 19.4 Å². The molecular formula is C44H79O8P. The van der Waals surface area contributed by atoms with Gasteiger partial charge in [-0.05, 0) is 57.8 Å². The van der Waals surface area contributed by atoms with Crippen molar-refractivity contribution >= 4 is 19.8 Å². The molecule has 0 fully saturated rings. The highest BCUT2D eigenvalue weighted by Gasteiger charge is 2.22. The first kappa shape index (κ1) is 51.0. The van der Waals surface area contributed by atoms with Gasteiger partial charge in [-0.3, -0.25) is 14.1 Å². The summed E-state index contributed by atoms with van der Waals surface area (Å²) in [6, 6.07) is 0. The van der Waals surface area contributed by atoms with E-state index < -0.39 is 32.5 Å². The Kier molecular flexibility index (Phi) is 38.2. The summed E-state index contributed by atoms with van der Waals surface area (Å²) < 4.78 is 26.4. The van der Waals surface area contributed by atoms with E-state index in [9.17, 15) is 14.2 Å². The van der Waals surface area contributed by atoms with Crippen molar-refractivity contribution in [3.05, 3.63) is 48.6 Å². The van der Waals surface area contributed by atoms with E-state index in [0.29, 0.717) is 6.42 Å². The van der Waals surface area contributed by atoms with Gasteiger partial charge in [-0.1, -0.05) is 178 Å². The minimum absolute atomic E-state index is 0.175. The number of hydrogen-bond donors (Lipinski definition) is 2. The van der Waals surface area contributed by atoms with Crippen LogP contribution in [0.1, 0.15) is 200 Å². The van der Waals surface area contributed by atoms with Gasteiger partial charge in [0.05, 0.1) is 6.61 Å². The Morgan fingerprint density at radius 1 is 0.491 bits per heavy atom. The highest BCUT2D eigenvalue weighted by molar-refractivity contribution is 7.46. The number of carbonyl (C=O) groups excluding carboxylic acids is 2. The Balaban J connectivity index is 3.97. The minimum Gasteiger partial charge on any atom is -0.462 e. The summed E-state index contributed by atoms with van der Waals surface area (Å²) >= 11 is 0. The van der Waals surface area contributed by atoms with Crippen LogP contribution in [0.4, 0.5) is 0 Å². The maximum atomic E-state index is 12.4. The Morgan fingerprint density at radius 3 is 1.30 bits per heavy atom. The third-order valence-corrected chi connectivity index (χ3v) is 9.59. The quantitative estimate of drug-likeness (QED) is 0.0275. The fraction of sp³-hybridized carbons (Fsp3) is 0.773. The Bertz CT molecular complexity index is 999. The van der Waals surface area contributed by atoms with Gasteiger partial charge in [0.15, 0.2) is 6.10 Å². The second kappa shape index (κ2) is 39.7. The molecule has 0 saturated heterocycles. The fourth-order valence-corrected chi connectivity index (χ4v) is 6.25. The summed E-state index contributed by atoms with van der Waals surface area (Å²) in [4.78, 5) is 42.9. The van der Waals surface area contributed by atoms with Crippen LogP contribution in [0.3, 0.4) is 0 Å². The summed E-state index contributed by atoms with van der Waals surface area (Å²) in [6.07, 6.45) is 48.3. The fourth-order valence-electron chi connectivity index (χ4n) is 5.89. The molecule has 2 N–H and O–H groups in total. The predicted octanol–water partition coefficient (Wildman–Crippen LogP) is 13.1. The molecule has 1 atom stereocenters. The molecular weight excluding hydrogens is 687 g/mol. The maximum Gasteiger partial charge on any atom is 0.469 e. The lowest BCUT2D eigenvalue weighted by molar-refractivity contribution is -0.161. The van der Waals surface area contributed by atoms with E-state index in [2.05, 4.69) is 67.0 Å². The molecule has 0 aromatic carbocycles. The zero-order valence-electron chi connectivity index (χ0n) is 33.9. The van der Waals surface area contributed by atoms with E-state index in [1.807, 2.05) is 0 Å². The van der Waals surface area contributed by atoms with Gasteiger partial charge in [0.2, 0.25) is 0 Å². The maximum absolute atomic E-state index is 12.4. The van der Waals surface area contributed by atoms with Crippen LogP contribution in [-0.2, 0) is 28.2 Å². The number of allylic oxidation sites excluding steroid dienone is 8. The van der Waals surface area contributed by atoms with Crippen LogP contribution in [0.15, 0.2) is 48.6 Å². The second-order valence-corrected chi connectivity index (χ2v) is 15.6. The molecule has 0 rings (SSSR count). The number of esters is 2. The summed E-state index contributed by atoms with van der Waals surface area (Å²) in [5.74, 6) is -0.916. The zero-order chi connectivity index (χ0) is 38.9. The van der Waals surface area contributed by atoms with Crippen molar-refractivity contribution in [1.29, 1.82) is 0 Å². The van der Waals surface area contributed by atoms with Crippen LogP contribution in [0.5, 0.6) is 0 Å². The second-order valence-electron chi connectivity index (χ2n) is 14.3. The van der Waals surface area contributed by atoms with E-state index in [4.69, 9.17) is 19.3 Å². The number of phosphoric acid groups is 1. The van der Waals surface area contributed by atoms with Crippen molar-refractivity contribution < 1.29 is 37.9 Å². The summed E-state index contributed by atoms with van der Waals surface area (Å²) in [6.45, 7) is 3.64. The normalized spacial score (nSPS) is 12.9. The lowest BCUT2D eigenvalue weighted by Crippen LogP contribution is -2.29. The average Bonchev–Trinajstić information content (AvgIpc) is 3.13. The summed E-state index contributed by atoms with van der Waals surface area (Å²) in [7, 11) is -4.76. The van der Waals surface area contributed by atoms with Gasteiger partial charge in [-0.2, -0.15) is 0 Å². The molecule has 8 nitrogen and oxygen atoms in total. The number of hydrogen-bond acceptors (Lipinski definition) is 6.